The molecule has 0 bridgehead atoms. The summed E-state index contributed by atoms with van der Waals surface area (Å²) in [6.45, 7) is 4.54. The third-order valence-electron chi connectivity index (χ3n) is 9.26. The Kier molecular flexibility index (Phi) is 10.7. The van der Waals surface area contributed by atoms with Crippen molar-refractivity contribution >= 4 is 10.9 Å². The molecule has 232 valence electrons. The number of fused-ring (bicyclic) bond motifs is 1. The molecule has 0 aliphatic heterocycles. The SMILES string of the molecule is CCCCCCc1ccc(-c2cccc(-c3cc(-c4ccccc4)c4cc(-c5ccc(CCCCCC)cc5)ccc4n3)c2)cc1. The highest BCUT2D eigenvalue weighted by atomic mass is 14.7. The second kappa shape index (κ2) is 15.7. The first-order valence-electron chi connectivity index (χ1n) is 17.5. The van der Waals surface area contributed by atoms with E-state index in [0.29, 0.717) is 0 Å². The van der Waals surface area contributed by atoms with Crippen molar-refractivity contribution in [2.24, 2.45) is 0 Å². The molecular weight excluding hydrogens is 555 g/mol. The zero-order valence-electron chi connectivity index (χ0n) is 27.6. The van der Waals surface area contributed by atoms with E-state index in [1.54, 1.807) is 0 Å². The Morgan fingerprint density at radius 1 is 0.413 bits per heavy atom. The number of aromatic nitrogens is 1. The predicted molar refractivity (Wildman–Crippen MR) is 199 cm³/mol. The van der Waals surface area contributed by atoms with Crippen LogP contribution >= 0.6 is 0 Å². The smallest absolute Gasteiger partial charge is 0.0716 e. The highest BCUT2D eigenvalue weighted by molar-refractivity contribution is 5.99. The third kappa shape index (κ3) is 7.83. The van der Waals surface area contributed by atoms with Gasteiger partial charge < -0.3 is 0 Å². The summed E-state index contributed by atoms with van der Waals surface area (Å²) in [6.07, 6.45) is 12.7. The first kappa shape index (κ1) is 31.5. The van der Waals surface area contributed by atoms with Crippen LogP contribution in [-0.2, 0) is 12.8 Å². The lowest BCUT2D eigenvalue weighted by Crippen LogP contribution is -1.92. The predicted octanol–water partition coefficient (Wildman–Crippen LogP) is 13.1. The lowest BCUT2D eigenvalue weighted by Gasteiger charge is -2.13. The molecule has 6 aromatic rings. The molecule has 0 aliphatic carbocycles. The van der Waals surface area contributed by atoms with Gasteiger partial charge in [-0.05, 0) is 94.5 Å². The van der Waals surface area contributed by atoms with Crippen LogP contribution in [0, 0.1) is 0 Å². The number of hydrogen-bond donors (Lipinski definition) is 0. The zero-order chi connectivity index (χ0) is 31.6. The van der Waals surface area contributed by atoms with Crippen LogP contribution in [0.3, 0.4) is 0 Å². The molecule has 0 amide bonds. The van der Waals surface area contributed by atoms with Gasteiger partial charge in [-0.3, -0.25) is 0 Å². The summed E-state index contributed by atoms with van der Waals surface area (Å²) in [5.74, 6) is 0. The quantitative estimate of drug-likeness (QED) is 0.113. The number of unbranched alkanes of at least 4 members (excludes halogenated alkanes) is 6. The van der Waals surface area contributed by atoms with E-state index in [1.807, 2.05) is 0 Å². The summed E-state index contributed by atoms with van der Waals surface area (Å²) in [5.41, 5.74) is 13.4. The van der Waals surface area contributed by atoms with E-state index in [0.717, 1.165) is 29.6 Å². The molecule has 0 unspecified atom stereocenters. The van der Waals surface area contributed by atoms with Gasteiger partial charge >= 0.3 is 0 Å². The fraction of sp³-hybridized carbons (Fsp3) is 0.267. The maximum absolute atomic E-state index is 5.23. The van der Waals surface area contributed by atoms with Gasteiger partial charge in [0.1, 0.15) is 0 Å². The second-order valence-corrected chi connectivity index (χ2v) is 12.7. The molecule has 1 aromatic heterocycles. The minimum Gasteiger partial charge on any atom is -0.248 e. The van der Waals surface area contributed by atoms with Crippen LogP contribution in [0.4, 0.5) is 0 Å². The fourth-order valence-corrected chi connectivity index (χ4v) is 6.51. The fourth-order valence-electron chi connectivity index (χ4n) is 6.51. The average molecular weight is 602 g/mol. The van der Waals surface area contributed by atoms with E-state index >= 15 is 0 Å². The van der Waals surface area contributed by atoms with Gasteiger partial charge in [0.25, 0.3) is 0 Å². The topological polar surface area (TPSA) is 12.9 Å². The number of nitrogens with zero attached hydrogens (tertiary/aromatic N) is 1. The molecular formula is C45H47N. The van der Waals surface area contributed by atoms with Crippen molar-refractivity contribution in [1.82, 2.24) is 4.98 Å². The van der Waals surface area contributed by atoms with Crippen LogP contribution in [0.15, 0.2) is 127 Å². The van der Waals surface area contributed by atoms with Crippen LogP contribution in [0.5, 0.6) is 0 Å². The Balaban J connectivity index is 1.30. The lowest BCUT2D eigenvalue weighted by atomic mass is 9.94. The summed E-state index contributed by atoms with van der Waals surface area (Å²) < 4.78 is 0. The Morgan fingerprint density at radius 2 is 0.957 bits per heavy atom. The van der Waals surface area contributed by atoms with Crippen molar-refractivity contribution in [2.45, 2.75) is 78.1 Å². The molecule has 0 aliphatic rings. The molecule has 0 saturated carbocycles. The monoisotopic (exact) mass is 601 g/mol. The molecule has 0 spiro atoms. The van der Waals surface area contributed by atoms with Crippen LogP contribution in [0.2, 0.25) is 0 Å². The normalized spacial score (nSPS) is 11.3. The van der Waals surface area contributed by atoms with Gasteiger partial charge in [0.15, 0.2) is 0 Å². The van der Waals surface area contributed by atoms with Crippen LogP contribution < -0.4 is 0 Å². The molecule has 0 fully saturated rings. The first-order valence-corrected chi connectivity index (χ1v) is 17.5. The molecule has 0 N–H and O–H groups in total. The average Bonchev–Trinajstić information content (AvgIpc) is 3.12. The standard InChI is InChI=1S/C45H47N/c1-3-5-7-10-15-34-21-25-36(26-22-34)39-19-14-20-41(31-39)45-33-42(38-17-12-9-13-18-38)43-32-40(29-30-44(43)46-45)37-27-23-35(24-28-37)16-11-8-6-4-2/h9,12-14,17-33H,3-8,10-11,15-16H2,1-2H3. The number of aryl methyl sites for hydroxylation is 2. The summed E-state index contributed by atoms with van der Waals surface area (Å²) in [7, 11) is 0. The number of rotatable bonds is 14. The highest BCUT2D eigenvalue weighted by Gasteiger charge is 2.12. The third-order valence-corrected chi connectivity index (χ3v) is 9.26. The van der Waals surface area contributed by atoms with Gasteiger partial charge in [-0.15, -0.1) is 0 Å². The molecule has 1 nitrogen and oxygen atoms in total. The summed E-state index contributed by atoms with van der Waals surface area (Å²) >= 11 is 0. The minimum atomic E-state index is 1.00. The number of hydrogen-bond acceptors (Lipinski definition) is 1. The van der Waals surface area contributed by atoms with E-state index in [1.165, 1.54) is 101 Å². The Hall–Kier alpha value is -4.49. The largest absolute Gasteiger partial charge is 0.248 e. The van der Waals surface area contributed by atoms with Gasteiger partial charge in [0, 0.05) is 10.9 Å². The van der Waals surface area contributed by atoms with Gasteiger partial charge in [0.05, 0.1) is 11.2 Å². The second-order valence-electron chi connectivity index (χ2n) is 12.7. The van der Waals surface area contributed by atoms with E-state index in [9.17, 15) is 0 Å². The Bertz CT molecular complexity index is 1830. The maximum Gasteiger partial charge on any atom is 0.0716 e. The van der Waals surface area contributed by atoms with Gasteiger partial charge in [-0.2, -0.15) is 0 Å². The highest BCUT2D eigenvalue weighted by Crippen LogP contribution is 2.36. The van der Waals surface area contributed by atoms with Gasteiger partial charge in [0.2, 0.25) is 0 Å². The van der Waals surface area contributed by atoms with Crippen LogP contribution in [0.1, 0.15) is 76.3 Å². The first-order chi connectivity index (χ1) is 22.7. The molecule has 0 atom stereocenters. The van der Waals surface area contributed by atoms with Crippen molar-refractivity contribution in [1.29, 1.82) is 0 Å². The summed E-state index contributed by atoms with van der Waals surface area (Å²) in [5, 5.41) is 1.18. The van der Waals surface area contributed by atoms with E-state index in [-0.39, 0.29) is 0 Å². The molecule has 6 rings (SSSR count). The molecule has 0 radical (unpaired) electrons. The van der Waals surface area contributed by atoms with Crippen LogP contribution in [-0.4, -0.2) is 4.98 Å². The maximum atomic E-state index is 5.23. The lowest BCUT2D eigenvalue weighted by molar-refractivity contribution is 0.667. The van der Waals surface area contributed by atoms with Gasteiger partial charge in [-0.1, -0.05) is 156 Å². The minimum absolute atomic E-state index is 1.00. The molecule has 46 heavy (non-hydrogen) atoms. The Morgan fingerprint density at radius 3 is 1.57 bits per heavy atom. The molecule has 1 heterocycles. The zero-order valence-corrected chi connectivity index (χ0v) is 27.6. The van der Waals surface area contributed by atoms with Crippen molar-refractivity contribution < 1.29 is 0 Å². The Labute approximate surface area is 276 Å². The van der Waals surface area contributed by atoms with Crippen LogP contribution in [0.25, 0.3) is 55.5 Å². The van der Waals surface area contributed by atoms with E-state index in [2.05, 4.69) is 141 Å². The molecule has 1 heteroatoms. The molecule has 5 aromatic carbocycles. The van der Waals surface area contributed by atoms with Gasteiger partial charge in [-0.25, -0.2) is 4.98 Å². The summed E-state index contributed by atoms with van der Waals surface area (Å²) in [4.78, 5) is 5.23. The number of benzene rings is 5. The number of pyridine rings is 1. The van der Waals surface area contributed by atoms with Crippen molar-refractivity contribution in [3.05, 3.63) is 139 Å². The van der Waals surface area contributed by atoms with E-state index in [4.69, 9.17) is 4.98 Å². The van der Waals surface area contributed by atoms with Crippen molar-refractivity contribution in [3.8, 4) is 44.6 Å². The van der Waals surface area contributed by atoms with E-state index < -0.39 is 0 Å². The molecule has 0 saturated heterocycles. The van der Waals surface area contributed by atoms with Crippen molar-refractivity contribution in [3.63, 3.8) is 0 Å². The summed E-state index contributed by atoms with van der Waals surface area (Å²) in [6, 6.07) is 46.9. The van der Waals surface area contributed by atoms with Crippen molar-refractivity contribution in [2.75, 3.05) is 0 Å².